The predicted molar refractivity (Wildman–Crippen MR) is 72.0 cm³/mol. The first kappa shape index (κ1) is 15.7. The Hall–Kier alpha value is -1.26. The maximum absolute atomic E-state index is 11.6. The number of nitrogens with one attached hydrogen (secondary N) is 2. The SMILES string of the molecule is CNCCCC(=O)Nc1ccccc1OC.Cl. The third kappa shape index (κ3) is 5.56. The molecular formula is C12H19ClN2O2. The number of hydrogen-bond acceptors (Lipinski definition) is 3. The molecule has 0 bridgehead atoms. The molecule has 2 N–H and O–H groups in total. The number of halogens is 1. The lowest BCUT2D eigenvalue weighted by atomic mass is 10.2. The molecule has 0 unspecified atom stereocenters. The minimum absolute atomic E-state index is 0. The summed E-state index contributed by atoms with van der Waals surface area (Å²) in [5.41, 5.74) is 0.722. The van der Waals surface area contributed by atoms with Crippen LogP contribution in [0.4, 0.5) is 5.69 Å². The lowest BCUT2D eigenvalue weighted by molar-refractivity contribution is -0.116. The van der Waals surface area contributed by atoms with Gasteiger partial charge in [-0.15, -0.1) is 12.4 Å². The largest absolute Gasteiger partial charge is 0.495 e. The lowest BCUT2D eigenvalue weighted by Crippen LogP contribution is -2.15. The molecule has 0 spiro atoms. The molecule has 5 heteroatoms. The molecule has 0 saturated carbocycles. The summed E-state index contributed by atoms with van der Waals surface area (Å²) < 4.78 is 5.14. The third-order valence-electron chi connectivity index (χ3n) is 2.21. The summed E-state index contributed by atoms with van der Waals surface area (Å²) in [6, 6.07) is 7.39. The molecule has 0 aromatic heterocycles. The van der Waals surface area contributed by atoms with Gasteiger partial charge in [0.1, 0.15) is 5.75 Å². The zero-order valence-corrected chi connectivity index (χ0v) is 11.0. The highest BCUT2D eigenvalue weighted by molar-refractivity contribution is 5.92. The van der Waals surface area contributed by atoms with Gasteiger partial charge in [-0.1, -0.05) is 12.1 Å². The van der Waals surface area contributed by atoms with Crippen molar-refractivity contribution in [2.24, 2.45) is 0 Å². The molecule has 0 aliphatic carbocycles. The fraction of sp³-hybridized carbons (Fsp3) is 0.417. The van der Waals surface area contributed by atoms with Crippen LogP contribution in [0.3, 0.4) is 0 Å². The number of hydrogen-bond donors (Lipinski definition) is 2. The highest BCUT2D eigenvalue weighted by Gasteiger charge is 2.05. The van der Waals surface area contributed by atoms with E-state index >= 15 is 0 Å². The van der Waals surface area contributed by atoms with E-state index in [-0.39, 0.29) is 18.3 Å². The van der Waals surface area contributed by atoms with Crippen LogP contribution < -0.4 is 15.4 Å². The topological polar surface area (TPSA) is 50.4 Å². The smallest absolute Gasteiger partial charge is 0.224 e. The monoisotopic (exact) mass is 258 g/mol. The van der Waals surface area contributed by atoms with E-state index < -0.39 is 0 Å². The van der Waals surface area contributed by atoms with Crippen molar-refractivity contribution >= 4 is 24.0 Å². The molecule has 0 aliphatic rings. The van der Waals surface area contributed by atoms with Crippen LogP contribution in [0.2, 0.25) is 0 Å². The van der Waals surface area contributed by atoms with Gasteiger partial charge in [-0.05, 0) is 32.1 Å². The lowest BCUT2D eigenvalue weighted by Gasteiger charge is -2.09. The standard InChI is InChI=1S/C12H18N2O2.ClH/c1-13-9-5-8-12(15)14-10-6-3-4-7-11(10)16-2;/h3-4,6-7,13H,5,8-9H2,1-2H3,(H,14,15);1H. The fourth-order valence-corrected chi connectivity index (χ4v) is 1.39. The molecule has 0 aliphatic heterocycles. The maximum atomic E-state index is 11.6. The van der Waals surface area contributed by atoms with Gasteiger partial charge >= 0.3 is 0 Å². The molecule has 0 saturated heterocycles. The van der Waals surface area contributed by atoms with Crippen LogP contribution in [0.5, 0.6) is 5.75 Å². The van der Waals surface area contributed by atoms with E-state index in [1.807, 2.05) is 31.3 Å². The number of benzene rings is 1. The summed E-state index contributed by atoms with van der Waals surface area (Å²) in [7, 11) is 3.46. The van der Waals surface area contributed by atoms with Gasteiger partial charge in [-0.25, -0.2) is 0 Å². The summed E-state index contributed by atoms with van der Waals surface area (Å²) in [6.45, 7) is 0.847. The van der Waals surface area contributed by atoms with E-state index in [0.717, 1.165) is 18.7 Å². The number of anilines is 1. The number of methoxy groups -OCH3 is 1. The van der Waals surface area contributed by atoms with Crippen molar-refractivity contribution < 1.29 is 9.53 Å². The number of carbonyl (C=O) groups excluding carboxylic acids is 1. The average Bonchev–Trinajstić information content (AvgIpc) is 2.30. The van der Waals surface area contributed by atoms with E-state index in [9.17, 15) is 4.79 Å². The molecule has 1 aromatic rings. The van der Waals surface area contributed by atoms with Crippen LogP contribution in [-0.4, -0.2) is 26.6 Å². The zero-order valence-electron chi connectivity index (χ0n) is 10.2. The number of ether oxygens (including phenoxy) is 1. The normalized spacial score (nSPS) is 9.29. The molecule has 0 fully saturated rings. The van der Waals surface area contributed by atoms with Gasteiger partial charge < -0.3 is 15.4 Å². The minimum atomic E-state index is 0. The molecule has 4 nitrogen and oxygen atoms in total. The van der Waals surface area contributed by atoms with Crippen molar-refractivity contribution in [3.63, 3.8) is 0 Å². The van der Waals surface area contributed by atoms with Crippen molar-refractivity contribution in [3.8, 4) is 5.75 Å². The summed E-state index contributed by atoms with van der Waals surface area (Å²) in [5, 5.41) is 5.83. The second-order valence-electron chi connectivity index (χ2n) is 3.46. The van der Waals surface area contributed by atoms with Crippen LogP contribution in [0.1, 0.15) is 12.8 Å². The average molecular weight is 259 g/mol. The number of para-hydroxylation sites is 2. The quantitative estimate of drug-likeness (QED) is 0.768. The second kappa shape index (κ2) is 8.84. The first-order valence-electron chi connectivity index (χ1n) is 5.35. The molecule has 1 rings (SSSR count). The molecule has 1 aromatic carbocycles. The van der Waals surface area contributed by atoms with Crippen molar-refractivity contribution in [1.29, 1.82) is 0 Å². The summed E-state index contributed by atoms with van der Waals surface area (Å²) in [5.74, 6) is 0.698. The van der Waals surface area contributed by atoms with Gasteiger partial charge in [0.05, 0.1) is 12.8 Å². The van der Waals surface area contributed by atoms with E-state index in [0.29, 0.717) is 12.2 Å². The van der Waals surface area contributed by atoms with Gasteiger partial charge in [-0.2, -0.15) is 0 Å². The van der Waals surface area contributed by atoms with Crippen LogP contribution >= 0.6 is 12.4 Å². The summed E-state index contributed by atoms with van der Waals surface area (Å²) in [6.07, 6.45) is 1.34. The third-order valence-corrected chi connectivity index (χ3v) is 2.21. The Balaban J connectivity index is 0.00000256. The van der Waals surface area contributed by atoms with Gasteiger partial charge in [0.15, 0.2) is 0 Å². The minimum Gasteiger partial charge on any atom is -0.495 e. The van der Waals surface area contributed by atoms with Gasteiger partial charge in [-0.3, -0.25) is 4.79 Å². The van der Waals surface area contributed by atoms with E-state index in [1.165, 1.54) is 0 Å². The van der Waals surface area contributed by atoms with Crippen molar-refractivity contribution in [3.05, 3.63) is 24.3 Å². The summed E-state index contributed by atoms with van der Waals surface area (Å²) >= 11 is 0. The zero-order chi connectivity index (χ0) is 11.8. The van der Waals surface area contributed by atoms with E-state index in [2.05, 4.69) is 10.6 Å². The Morgan fingerprint density at radius 2 is 2.06 bits per heavy atom. The van der Waals surface area contributed by atoms with Gasteiger partial charge in [0, 0.05) is 6.42 Å². The number of carbonyl (C=O) groups is 1. The van der Waals surface area contributed by atoms with Crippen molar-refractivity contribution in [2.45, 2.75) is 12.8 Å². The van der Waals surface area contributed by atoms with Gasteiger partial charge in [0.2, 0.25) is 5.91 Å². The Morgan fingerprint density at radius 1 is 1.35 bits per heavy atom. The van der Waals surface area contributed by atoms with Crippen molar-refractivity contribution in [2.75, 3.05) is 26.0 Å². The van der Waals surface area contributed by atoms with E-state index in [1.54, 1.807) is 7.11 Å². The fourth-order valence-electron chi connectivity index (χ4n) is 1.39. The number of amides is 1. The van der Waals surface area contributed by atoms with Crippen LogP contribution in [0.15, 0.2) is 24.3 Å². The van der Waals surface area contributed by atoms with E-state index in [4.69, 9.17) is 4.74 Å². The molecular weight excluding hydrogens is 240 g/mol. The second-order valence-corrected chi connectivity index (χ2v) is 3.46. The highest BCUT2D eigenvalue weighted by Crippen LogP contribution is 2.22. The number of rotatable bonds is 6. The first-order chi connectivity index (χ1) is 7.77. The van der Waals surface area contributed by atoms with Crippen LogP contribution in [-0.2, 0) is 4.79 Å². The molecule has 96 valence electrons. The maximum Gasteiger partial charge on any atom is 0.224 e. The molecule has 1 amide bonds. The van der Waals surface area contributed by atoms with Crippen LogP contribution in [0.25, 0.3) is 0 Å². The Labute approximate surface area is 108 Å². The Bertz CT molecular complexity index is 345. The Kier molecular flexibility index (Phi) is 8.19. The van der Waals surface area contributed by atoms with Gasteiger partial charge in [0.25, 0.3) is 0 Å². The summed E-state index contributed by atoms with van der Waals surface area (Å²) in [4.78, 5) is 11.6. The van der Waals surface area contributed by atoms with Crippen molar-refractivity contribution in [1.82, 2.24) is 5.32 Å². The Morgan fingerprint density at radius 3 is 2.71 bits per heavy atom. The molecule has 0 radical (unpaired) electrons. The highest BCUT2D eigenvalue weighted by atomic mass is 35.5. The molecule has 17 heavy (non-hydrogen) atoms. The first-order valence-corrected chi connectivity index (χ1v) is 5.35. The molecule has 0 atom stereocenters. The molecule has 0 heterocycles. The predicted octanol–water partition coefficient (Wildman–Crippen LogP) is 2.06. The van der Waals surface area contributed by atoms with Crippen LogP contribution in [0, 0.1) is 0 Å².